The number of nitrogens with zero attached hydrogens (tertiary/aromatic N) is 1. The number of anilines is 1. The molecule has 0 aliphatic carbocycles. The van der Waals surface area contributed by atoms with Crippen molar-refractivity contribution < 1.29 is 18.3 Å². The Balaban J connectivity index is 3.06. The molecule has 3 N–H and O–H groups in total. The van der Waals surface area contributed by atoms with Crippen molar-refractivity contribution in [3.63, 3.8) is 0 Å². The summed E-state index contributed by atoms with van der Waals surface area (Å²) >= 11 is 0. The third kappa shape index (κ3) is 3.12. The molecule has 0 aliphatic rings. The molecule has 0 bridgehead atoms. The van der Waals surface area contributed by atoms with Crippen molar-refractivity contribution in [2.75, 3.05) is 32.5 Å². The number of rotatable bonds is 6. The van der Waals surface area contributed by atoms with E-state index in [1.54, 1.807) is 6.92 Å². The number of methoxy groups -OCH3 is 1. The van der Waals surface area contributed by atoms with E-state index in [4.69, 9.17) is 10.5 Å². The van der Waals surface area contributed by atoms with E-state index in [1.165, 1.54) is 29.6 Å². The van der Waals surface area contributed by atoms with Crippen LogP contribution in [0.2, 0.25) is 0 Å². The average molecular weight is 274 g/mol. The Labute approximate surface area is 107 Å². The minimum Gasteiger partial charge on any atom is -0.506 e. The van der Waals surface area contributed by atoms with Gasteiger partial charge in [0.1, 0.15) is 5.75 Å². The van der Waals surface area contributed by atoms with E-state index in [-0.39, 0.29) is 22.9 Å². The second kappa shape index (κ2) is 6.03. The minimum atomic E-state index is -3.60. The molecule has 18 heavy (non-hydrogen) atoms. The summed E-state index contributed by atoms with van der Waals surface area (Å²) in [5, 5.41) is 9.29. The Kier molecular flexibility index (Phi) is 4.94. The van der Waals surface area contributed by atoms with Gasteiger partial charge in [-0.25, -0.2) is 8.42 Å². The molecule has 0 aliphatic heterocycles. The van der Waals surface area contributed by atoms with Crippen molar-refractivity contribution in [1.29, 1.82) is 0 Å². The number of phenolic OH excluding ortho intramolecular Hbond substituents is 1. The molecule has 0 amide bonds. The highest BCUT2D eigenvalue weighted by Gasteiger charge is 2.23. The van der Waals surface area contributed by atoms with Crippen LogP contribution in [0, 0.1) is 0 Å². The molecule has 7 heteroatoms. The molecule has 0 unspecified atom stereocenters. The van der Waals surface area contributed by atoms with Gasteiger partial charge in [-0.3, -0.25) is 0 Å². The van der Waals surface area contributed by atoms with Crippen LogP contribution in [0.3, 0.4) is 0 Å². The first-order chi connectivity index (χ1) is 8.43. The van der Waals surface area contributed by atoms with E-state index in [0.29, 0.717) is 13.2 Å². The van der Waals surface area contributed by atoms with Crippen molar-refractivity contribution in [3.8, 4) is 5.75 Å². The van der Waals surface area contributed by atoms with E-state index in [2.05, 4.69) is 0 Å². The number of ether oxygens (including phenoxy) is 1. The van der Waals surface area contributed by atoms with Crippen molar-refractivity contribution >= 4 is 15.7 Å². The zero-order valence-electron chi connectivity index (χ0n) is 10.5. The second-order valence-corrected chi connectivity index (χ2v) is 5.65. The van der Waals surface area contributed by atoms with Gasteiger partial charge in [0, 0.05) is 20.2 Å². The van der Waals surface area contributed by atoms with Gasteiger partial charge in [-0.15, -0.1) is 0 Å². The van der Waals surface area contributed by atoms with Gasteiger partial charge in [-0.05, 0) is 18.2 Å². The SMILES string of the molecule is CCN(CCOC)S(=O)(=O)c1ccc(O)c(N)c1. The standard InChI is InChI=1S/C11H18N2O4S/c1-3-13(6-7-17-2)18(15,16)9-4-5-11(14)10(12)8-9/h4-5,8,14H,3,6-7,12H2,1-2H3. The highest BCUT2D eigenvalue weighted by atomic mass is 32.2. The molecule has 1 aromatic rings. The topological polar surface area (TPSA) is 92.9 Å². The van der Waals surface area contributed by atoms with E-state index in [9.17, 15) is 13.5 Å². The molecule has 102 valence electrons. The van der Waals surface area contributed by atoms with Crippen molar-refractivity contribution in [3.05, 3.63) is 18.2 Å². The maximum absolute atomic E-state index is 12.3. The third-order valence-corrected chi connectivity index (χ3v) is 4.50. The molecule has 0 fully saturated rings. The first-order valence-corrected chi connectivity index (χ1v) is 6.95. The number of benzene rings is 1. The van der Waals surface area contributed by atoms with Crippen LogP contribution in [-0.2, 0) is 14.8 Å². The Morgan fingerprint density at radius 1 is 1.44 bits per heavy atom. The van der Waals surface area contributed by atoms with E-state index >= 15 is 0 Å². The van der Waals surface area contributed by atoms with Crippen molar-refractivity contribution in [1.82, 2.24) is 4.31 Å². The number of aromatic hydroxyl groups is 1. The molecule has 0 radical (unpaired) electrons. The first kappa shape index (κ1) is 14.7. The summed E-state index contributed by atoms with van der Waals surface area (Å²) < 4.78 is 30.7. The predicted octanol–water partition coefficient (Wildman–Crippen LogP) is 0.631. The zero-order valence-corrected chi connectivity index (χ0v) is 11.3. The van der Waals surface area contributed by atoms with Crippen LogP contribution in [0.4, 0.5) is 5.69 Å². The molecule has 0 aromatic heterocycles. The van der Waals surface area contributed by atoms with Crippen LogP contribution in [0.15, 0.2) is 23.1 Å². The summed E-state index contributed by atoms with van der Waals surface area (Å²) in [5.41, 5.74) is 5.54. The number of nitrogens with two attached hydrogens (primary N) is 1. The lowest BCUT2D eigenvalue weighted by Crippen LogP contribution is -2.33. The van der Waals surface area contributed by atoms with Crippen LogP contribution < -0.4 is 5.73 Å². The normalized spacial score (nSPS) is 11.9. The highest BCUT2D eigenvalue weighted by Crippen LogP contribution is 2.25. The average Bonchev–Trinajstić information content (AvgIpc) is 2.33. The lowest BCUT2D eigenvalue weighted by Gasteiger charge is -2.20. The highest BCUT2D eigenvalue weighted by molar-refractivity contribution is 7.89. The van der Waals surface area contributed by atoms with Crippen molar-refractivity contribution in [2.45, 2.75) is 11.8 Å². The molecular formula is C11H18N2O4S. The molecular weight excluding hydrogens is 256 g/mol. The van der Waals surface area contributed by atoms with E-state index in [0.717, 1.165) is 0 Å². The summed E-state index contributed by atoms with van der Waals surface area (Å²) in [7, 11) is -2.09. The summed E-state index contributed by atoms with van der Waals surface area (Å²) in [6.45, 7) is 2.68. The lowest BCUT2D eigenvalue weighted by atomic mass is 10.3. The van der Waals surface area contributed by atoms with E-state index in [1.807, 2.05) is 0 Å². The van der Waals surface area contributed by atoms with Gasteiger partial charge in [0.25, 0.3) is 0 Å². The molecule has 0 atom stereocenters. The monoisotopic (exact) mass is 274 g/mol. The molecule has 0 spiro atoms. The number of sulfonamides is 1. The van der Waals surface area contributed by atoms with Crippen LogP contribution in [0.5, 0.6) is 5.75 Å². The van der Waals surface area contributed by atoms with Gasteiger partial charge in [-0.2, -0.15) is 4.31 Å². The van der Waals surface area contributed by atoms with Gasteiger partial charge in [0.05, 0.1) is 17.2 Å². The summed E-state index contributed by atoms with van der Waals surface area (Å²) in [6, 6.07) is 3.85. The zero-order chi connectivity index (χ0) is 13.8. The fourth-order valence-corrected chi connectivity index (χ4v) is 2.95. The minimum absolute atomic E-state index is 0.0406. The molecule has 1 rings (SSSR count). The summed E-state index contributed by atoms with van der Waals surface area (Å²) in [5.74, 6) is -0.131. The Morgan fingerprint density at radius 2 is 2.11 bits per heavy atom. The lowest BCUT2D eigenvalue weighted by molar-refractivity contribution is 0.180. The molecule has 6 nitrogen and oxygen atoms in total. The summed E-state index contributed by atoms with van der Waals surface area (Å²) in [6.07, 6.45) is 0. The summed E-state index contributed by atoms with van der Waals surface area (Å²) in [4.78, 5) is 0.0655. The molecule has 0 heterocycles. The number of nitrogen functional groups attached to an aromatic ring is 1. The van der Waals surface area contributed by atoms with Crippen LogP contribution in [0.1, 0.15) is 6.92 Å². The third-order valence-electron chi connectivity index (χ3n) is 2.53. The Morgan fingerprint density at radius 3 is 2.61 bits per heavy atom. The van der Waals surface area contributed by atoms with Gasteiger partial charge in [0.2, 0.25) is 10.0 Å². The second-order valence-electron chi connectivity index (χ2n) is 3.71. The van der Waals surface area contributed by atoms with Gasteiger partial charge < -0.3 is 15.6 Å². The number of likely N-dealkylation sites (N-methyl/N-ethyl adjacent to an activating group) is 1. The quantitative estimate of drug-likeness (QED) is 0.586. The fourth-order valence-electron chi connectivity index (χ4n) is 1.48. The van der Waals surface area contributed by atoms with Crippen LogP contribution >= 0.6 is 0 Å². The number of hydrogen-bond acceptors (Lipinski definition) is 5. The predicted molar refractivity (Wildman–Crippen MR) is 68.8 cm³/mol. The van der Waals surface area contributed by atoms with Gasteiger partial charge in [-0.1, -0.05) is 6.92 Å². The number of phenols is 1. The van der Waals surface area contributed by atoms with Gasteiger partial charge >= 0.3 is 0 Å². The first-order valence-electron chi connectivity index (χ1n) is 5.51. The largest absolute Gasteiger partial charge is 0.506 e. The fraction of sp³-hybridized carbons (Fsp3) is 0.455. The molecule has 1 aromatic carbocycles. The Hall–Kier alpha value is -1.31. The van der Waals surface area contributed by atoms with Gasteiger partial charge in [0.15, 0.2) is 0 Å². The van der Waals surface area contributed by atoms with Crippen LogP contribution in [0.25, 0.3) is 0 Å². The smallest absolute Gasteiger partial charge is 0.243 e. The number of hydrogen-bond donors (Lipinski definition) is 2. The van der Waals surface area contributed by atoms with E-state index < -0.39 is 10.0 Å². The van der Waals surface area contributed by atoms with Crippen molar-refractivity contribution in [2.24, 2.45) is 0 Å². The molecule has 0 saturated heterocycles. The molecule has 0 saturated carbocycles. The maximum Gasteiger partial charge on any atom is 0.243 e. The van der Waals surface area contributed by atoms with Crippen LogP contribution in [-0.4, -0.2) is 44.6 Å². The Bertz CT molecular complexity index is 502. The maximum atomic E-state index is 12.3.